The van der Waals surface area contributed by atoms with Crippen LogP contribution < -0.4 is 0 Å². The highest BCUT2D eigenvalue weighted by molar-refractivity contribution is 5.67. The second-order valence-electron chi connectivity index (χ2n) is 2.41. The van der Waals surface area contributed by atoms with Crippen LogP contribution in [0.3, 0.4) is 0 Å². The van der Waals surface area contributed by atoms with Gasteiger partial charge in [0.1, 0.15) is 0 Å². The number of carboxylic acid groups (broad SMARTS) is 1. The van der Waals surface area contributed by atoms with E-state index in [2.05, 4.69) is 0 Å². The smallest absolute Gasteiger partial charge is 0.306 e. The highest BCUT2D eigenvalue weighted by Crippen LogP contribution is 1.98. The zero-order valence-corrected chi connectivity index (χ0v) is 6.16. The van der Waals surface area contributed by atoms with E-state index in [1.54, 1.807) is 0 Å². The summed E-state index contributed by atoms with van der Waals surface area (Å²) in [6, 6.07) is 0. The molecule has 0 saturated carbocycles. The molecule has 0 aliphatic heterocycles. The minimum Gasteiger partial charge on any atom is -0.481 e. The minimum atomic E-state index is -0.981. The molecule has 0 aromatic carbocycles. The van der Waals surface area contributed by atoms with Crippen molar-refractivity contribution >= 4 is 5.97 Å². The molecular weight excluding hydrogens is 132 g/mol. The van der Waals surface area contributed by atoms with Crippen LogP contribution in [0, 0.1) is 0 Å². The first-order chi connectivity index (χ1) is 4.52. The van der Waals surface area contributed by atoms with Gasteiger partial charge >= 0.3 is 5.97 Å². The van der Waals surface area contributed by atoms with E-state index in [9.17, 15) is 4.79 Å². The van der Waals surface area contributed by atoms with Crippen molar-refractivity contribution in [2.75, 3.05) is 0 Å². The number of rotatable bonds is 3. The van der Waals surface area contributed by atoms with Gasteiger partial charge in [0.2, 0.25) is 0 Å². The van der Waals surface area contributed by atoms with E-state index in [4.69, 9.17) is 10.2 Å². The number of aliphatic carboxylic acids is 1. The van der Waals surface area contributed by atoms with E-state index in [-0.39, 0.29) is 6.42 Å². The summed E-state index contributed by atoms with van der Waals surface area (Å²) in [7, 11) is 0. The first-order valence-electron chi connectivity index (χ1n) is 3.07. The molecule has 0 saturated heterocycles. The third kappa shape index (κ3) is 5.31. The average molecular weight is 144 g/mol. The minimum absolute atomic E-state index is 0.217. The number of carboxylic acids is 1. The van der Waals surface area contributed by atoms with Crippen LogP contribution in [0.1, 0.15) is 20.3 Å². The Kier molecular flexibility index (Phi) is 3.72. The number of hydrogen-bond acceptors (Lipinski definition) is 2. The van der Waals surface area contributed by atoms with Crippen LogP contribution in [0.25, 0.3) is 0 Å². The maximum absolute atomic E-state index is 10.0. The summed E-state index contributed by atoms with van der Waals surface area (Å²) in [6.07, 6.45) is 0.460. The Balaban J connectivity index is 3.75. The third-order valence-corrected chi connectivity index (χ3v) is 0.909. The number of carbonyl (C=O) groups is 1. The monoisotopic (exact) mass is 144 g/mol. The van der Waals surface area contributed by atoms with Crippen molar-refractivity contribution in [3.8, 4) is 0 Å². The maximum Gasteiger partial charge on any atom is 0.306 e. The number of allylic oxidation sites excluding steroid dienone is 1. The van der Waals surface area contributed by atoms with Crippen LogP contribution in [-0.4, -0.2) is 22.3 Å². The third-order valence-electron chi connectivity index (χ3n) is 0.909. The van der Waals surface area contributed by atoms with Crippen molar-refractivity contribution in [3.63, 3.8) is 0 Å². The van der Waals surface area contributed by atoms with Gasteiger partial charge < -0.3 is 10.2 Å². The largest absolute Gasteiger partial charge is 0.481 e. The van der Waals surface area contributed by atoms with Crippen LogP contribution in [0.4, 0.5) is 0 Å². The lowest BCUT2D eigenvalue weighted by Gasteiger charge is -2.00. The predicted molar refractivity (Wildman–Crippen MR) is 37.7 cm³/mol. The summed E-state index contributed by atoms with van der Waals surface area (Å²) in [5, 5.41) is 17.1. The molecule has 0 aromatic heterocycles. The summed E-state index contributed by atoms with van der Waals surface area (Å²) in [5.74, 6) is -0.981. The van der Waals surface area contributed by atoms with Gasteiger partial charge in [-0.05, 0) is 13.8 Å². The summed E-state index contributed by atoms with van der Waals surface area (Å²) < 4.78 is 0. The van der Waals surface area contributed by atoms with E-state index >= 15 is 0 Å². The van der Waals surface area contributed by atoms with Gasteiger partial charge in [0.15, 0.2) is 0 Å². The van der Waals surface area contributed by atoms with Gasteiger partial charge in [-0.25, -0.2) is 0 Å². The van der Waals surface area contributed by atoms with E-state index in [1.165, 1.54) is 6.08 Å². The lowest BCUT2D eigenvalue weighted by atomic mass is 10.2. The van der Waals surface area contributed by atoms with Crippen molar-refractivity contribution in [2.45, 2.75) is 26.4 Å². The van der Waals surface area contributed by atoms with Crippen molar-refractivity contribution < 1.29 is 15.0 Å². The van der Waals surface area contributed by atoms with Gasteiger partial charge in [0.25, 0.3) is 0 Å². The normalized spacial score (nSPS) is 12.3. The molecule has 0 spiro atoms. The fourth-order valence-corrected chi connectivity index (χ4v) is 0.623. The van der Waals surface area contributed by atoms with Gasteiger partial charge in [-0.15, -0.1) is 0 Å². The second-order valence-corrected chi connectivity index (χ2v) is 2.41. The van der Waals surface area contributed by atoms with Gasteiger partial charge in [0, 0.05) is 0 Å². The highest BCUT2D eigenvalue weighted by Gasteiger charge is 2.04. The van der Waals surface area contributed by atoms with E-state index in [0.29, 0.717) is 0 Å². The summed E-state index contributed by atoms with van der Waals surface area (Å²) in [5.41, 5.74) is 0.925. The fourth-order valence-electron chi connectivity index (χ4n) is 0.623. The molecule has 0 aliphatic carbocycles. The van der Waals surface area contributed by atoms with Gasteiger partial charge in [-0.1, -0.05) is 11.6 Å². The Hall–Kier alpha value is -0.830. The van der Waals surface area contributed by atoms with Crippen LogP contribution in [-0.2, 0) is 4.79 Å². The molecule has 0 amide bonds. The summed E-state index contributed by atoms with van der Waals surface area (Å²) in [4.78, 5) is 10.0. The maximum atomic E-state index is 10.0. The standard InChI is InChI=1S/C7H12O3/c1-5(2)3-6(8)4-7(9)10/h3,6,8H,4H2,1-2H3,(H,9,10)/t6-/m0/s1. The zero-order chi connectivity index (χ0) is 8.15. The Morgan fingerprint density at radius 1 is 1.60 bits per heavy atom. The van der Waals surface area contributed by atoms with Gasteiger partial charge in [0.05, 0.1) is 12.5 Å². The van der Waals surface area contributed by atoms with E-state index in [0.717, 1.165) is 5.57 Å². The SMILES string of the molecule is CC(C)=C[C@H](O)CC(=O)O. The molecule has 1 atom stereocenters. The molecule has 3 heteroatoms. The second kappa shape index (κ2) is 4.06. The number of hydrogen-bond donors (Lipinski definition) is 2. The Morgan fingerprint density at radius 3 is 2.40 bits per heavy atom. The first kappa shape index (κ1) is 9.17. The molecule has 2 N–H and O–H groups in total. The number of aliphatic hydroxyl groups excluding tert-OH is 1. The van der Waals surface area contributed by atoms with Crippen LogP contribution in [0.15, 0.2) is 11.6 Å². The molecule has 0 fully saturated rings. The van der Waals surface area contributed by atoms with Gasteiger partial charge in [-0.2, -0.15) is 0 Å². The Bertz CT molecular complexity index is 145. The molecule has 0 aliphatic rings. The van der Waals surface area contributed by atoms with Crippen molar-refractivity contribution in [1.82, 2.24) is 0 Å². The molecule has 10 heavy (non-hydrogen) atoms. The molecule has 0 radical (unpaired) electrons. The van der Waals surface area contributed by atoms with E-state index < -0.39 is 12.1 Å². The zero-order valence-electron chi connectivity index (χ0n) is 6.16. The molecule has 0 bridgehead atoms. The topological polar surface area (TPSA) is 57.5 Å². The van der Waals surface area contributed by atoms with Gasteiger partial charge in [-0.3, -0.25) is 4.79 Å². The highest BCUT2D eigenvalue weighted by atomic mass is 16.4. The van der Waals surface area contributed by atoms with E-state index in [1.807, 2.05) is 13.8 Å². The van der Waals surface area contributed by atoms with Crippen LogP contribution >= 0.6 is 0 Å². The predicted octanol–water partition coefficient (Wildman–Crippen LogP) is 0.788. The molecule has 0 rings (SSSR count). The lowest BCUT2D eigenvalue weighted by molar-refractivity contribution is -0.138. The molecule has 0 aromatic rings. The molecule has 58 valence electrons. The first-order valence-corrected chi connectivity index (χ1v) is 3.07. The van der Waals surface area contributed by atoms with Crippen LogP contribution in [0.5, 0.6) is 0 Å². The molecular formula is C7H12O3. The van der Waals surface area contributed by atoms with Crippen molar-refractivity contribution in [1.29, 1.82) is 0 Å². The lowest BCUT2D eigenvalue weighted by Crippen LogP contribution is -2.09. The average Bonchev–Trinajstić information content (AvgIpc) is 1.58. The Labute approximate surface area is 60.0 Å². The fraction of sp³-hybridized carbons (Fsp3) is 0.571. The summed E-state index contributed by atoms with van der Waals surface area (Å²) >= 11 is 0. The molecule has 0 heterocycles. The summed E-state index contributed by atoms with van der Waals surface area (Å²) in [6.45, 7) is 3.62. The van der Waals surface area contributed by atoms with Crippen molar-refractivity contribution in [2.24, 2.45) is 0 Å². The Morgan fingerprint density at radius 2 is 2.10 bits per heavy atom. The van der Waals surface area contributed by atoms with Crippen LogP contribution in [0.2, 0.25) is 0 Å². The van der Waals surface area contributed by atoms with Crippen molar-refractivity contribution in [3.05, 3.63) is 11.6 Å². The molecule has 3 nitrogen and oxygen atoms in total. The molecule has 0 unspecified atom stereocenters. The quantitative estimate of drug-likeness (QED) is 0.576. The number of aliphatic hydroxyl groups is 1.